The SMILES string of the molecule is CCCCCCCC(=O)Nc1ccc(N2CCc3ccccc3C2)c(C(=O)NCc2cccnc2)c1. The maximum absolute atomic E-state index is 13.4. The maximum atomic E-state index is 13.4. The standard InChI is InChI=1S/C30H36N4O2/c1-2-3-4-5-6-13-29(35)33-26-14-15-28(34-18-16-24-11-7-8-12-25(24)22-34)27(19-26)30(36)32-21-23-10-9-17-31-20-23/h7-12,14-15,17,19-20H,2-6,13,16,18,21-22H2,1H3,(H,32,36)(H,33,35). The van der Waals surface area contributed by atoms with Gasteiger partial charge in [0.15, 0.2) is 0 Å². The summed E-state index contributed by atoms with van der Waals surface area (Å²) in [5, 5.41) is 6.03. The number of hydrogen-bond donors (Lipinski definition) is 2. The van der Waals surface area contributed by atoms with Gasteiger partial charge in [-0.1, -0.05) is 62.9 Å². The minimum Gasteiger partial charge on any atom is -0.366 e. The Hall–Kier alpha value is -3.67. The molecule has 2 heterocycles. The third-order valence-corrected chi connectivity index (χ3v) is 6.68. The molecule has 0 unspecified atom stereocenters. The summed E-state index contributed by atoms with van der Waals surface area (Å²) >= 11 is 0. The van der Waals surface area contributed by atoms with Crippen molar-refractivity contribution < 1.29 is 9.59 Å². The van der Waals surface area contributed by atoms with E-state index in [4.69, 9.17) is 0 Å². The fraction of sp³-hybridized carbons (Fsp3) is 0.367. The van der Waals surface area contributed by atoms with E-state index >= 15 is 0 Å². The summed E-state index contributed by atoms with van der Waals surface area (Å²) in [6.07, 6.45) is 10.4. The number of pyridine rings is 1. The lowest BCUT2D eigenvalue weighted by molar-refractivity contribution is -0.116. The van der Waals surface area contributed by atoms with Gasteiger partial charge < -0.3 is 15.5 Å². The summed E-state index contributed by atoms with van der Waals surface area (Å²) in [4.78, 5) is 32.3. The largest absolute Gasteiger partial charge is 0.366 e. The second kappa shape index (κ2) is 12.9. The highest BCUT2D eigenvalue weighted by Crippen LogP contribution is 2.30. The zero-order valence-electron chi connectivity index (χ0n) is 21.1. The summed E-state index contributed by atoms with van der Waals surface area (Å²) in [6.45, 7) is 4.17. The fourth-order valence-corrected chi connectivity index (χ4v) is 4.67. The van der Waals surface area contributed by atoms with Gasteiger partial charge in [0.1, 0.15) is 0 Å². The minimum atomic E-state index is -0.164. The maximum Gasteiger partial charge on any atom is 0.253 e. The lowest BCUT2D eigenvalue weighted by Gasteiger charge is -2.32. The van der Waals surface area contributed by atoms with E-state index in [2.05, 4.69) is 51.7 Å². The van der Waals surface area contributed by atoms with Crippen molar-refractivity contribution in [3.63, 3.8) is 0 Å². The smallest absolute Gasteiger partial charge is 0.253 e. The first-order valence-electron chi connectivity index (χ1n) is 13.1. The predicted octanol–water partition coefficient (Wildman–Crippen LogP) is 5.87. The quantitative estimate of drug-likeness (QED) is 0.334. The van der Waals surface area contributed by atoms with Crippen molar-refractivity contribution in [2.45, 2.75) is 65.0 Å². The van der Waals surface area contributed by atoms with E-state index < -0.39 is 0 Å². The van der Waals surface area contributed by atoms with Crippen LogP contribution in [0.5, 0.6) is 0 Å². The Morgan fingerprint density at radius 3 is 2.61 bits per heavy atom. The van der Waals surface area contributed by atoms with Gasteiger partial charge in [-0.25, -0.2) is 0 Å². The molecule has 0 bridgehead atoms. The molecule has 0 fully saturated rings. The molecule has 0 aliphatic carbocycles. The van der Waals surface area contributed by atoms with E-state index in [1.54, 1.807) is 12.4 Å². The van der Waals surface area contributed by atoms with Gasteiger partial charge in [-0.2, -0.15) is 0 Å². The molecule has 6 heteroatoms. The molecule has 1 aromatic heterocycles. The van der Waals surface area contributed by atoms with Crippen LogP contribution in [-0.2, 0) is 24.3 Å². The molecule has 2 N–H and O–H groups in total. The highest BCUT2D eigenvalue weighted by atomic mass is 16.2. The molecule has 1 aliphatic rings. The molecular weight excluding hydrogens is 448 g/mol. The highest BCUT2D eigenvalue weighted by molar-refractivity contribution is 6.02. The molecule has 4 rings (SSSR count). The molecule has 1 aliphatic heterocycles. The van der Waals surface area contributed by atoms with Crippen LogP contribution in [-0.4, -0.2) is 23.3 Å². The summed E-state index contributed by atoms with van der Waals surface area (Å²) in [6, 6.07) is 17.9. The number of carbonyl (C=O) groups is 2. The number of nitrogens with one attached hydrogen (secondary N) is 2. The topological polar surface area (TPSA) is 74.3 Å². The third kappa shape index (κ3) is 6.94. The highest BCUT2D eigenvalue weighted by Gasteiger charge is 2.22. The van der Waals surface area contributed by atoms with Crippen molar-refractivity contribution in [3.05, 3.63) is 89.2 Å². The van der Waals surface area contributed by atoms with Gasteiger partial charge in [-0.3, -0.25) is 14.6 Å². The van der Waals surface area contributed by atoms with Crippen LogP contribution in [0.25, 0.3) is 0 Å². The molecule has 2 aromatic carbocycles. The first-order valence-corrected chi connectivity index (χ1v) is 13.1. The van der Waals surface area contributed by atoms with Crippen molar-refractivity contribution in [1.29, 1.82) is 0 Å². The average molecular weight is 485 g/mol. The van der Waals surface area contributed by atoms with E-state index in [1.165, 1.54) is 30.4 Å². The average Bonchev–Trinajstić information content (AvgIpc) is 2.92. The molecule has 0 spiro atoms. The van der Waals surface area contributed by atoms with E-state index in [-0.39, 0.29) is 11.8 Å². The van der Waals surface area contributed by atoms with E-state index in [9.17, 15) is 9.59 Å². The van der Waals surface area contributed by atoms with Crippen LogP contribution in [0, 0.1) is 0 Å². The first kappa shape index (κ1) is 25.4. The molecular formula is C30H36N4O2. The summed E-state index contributed by atoms with van der Waals surface area (Å²) in [5.74, 6) is -0.170. The van der Waals surface area contributed by atoms with Crippen LogP contribution in [0.2, 0.25) is 0 Å². The van der Waals surface area contributed by atoms with Crippen molar-refractivity contribution in [2.75, 3.05) is 16.8 Å². The summed E-state index contributed by atoms with van der Waals surface area (Å²) in [5.41, 5.74) is 5.68. The van der Waals surface area contributed by atoms with Crippen LogP contribution < -0.4 is 15.5 Å². The molecule has 188 valence electrons. The lowest BCUT2D eigenvalue weighted by atomic mass is 9.98. The zero-order chi connectivity index (χ0) is 25.2. The van der Waals surface area contributed by atoms with Crippen LogP contribution in [0.4, 0.5) is 11.4 Å². The van der Waals surface area contributed by atoms with Gasteiger partial charge >= 0.3 is 0 Å². The molecule has 3 aromatic rings. The zero-order valence-corrected chi connectivity index (χ0v) is 21.1. The van der Waals surface area contributed by atoms with Crippen molar-refractivity contribution in [3.8, 4) is 0 Å². The van der Waals surface area contributed by atoms with Crippen LogP contribution >= 0.6 is 0 Å². The molecule has 36 heavy (non-hydrogen) atoms. The fourth-order valence-electron chi connectivity index (χ4n) is 4.67. The van der Waals surface area contributed by atoms with Crippen molar-refractivity contribution >= 4 is 23.2 Å². The van der Waals surface area contributed by atoms with Gasteiger partial charge in [-0.15, -0.1) is 0 Å². The van der Waals surface area contributed by atoms with E-state index in [0.717, 1.165) is 43.6 Å². The second-order valence-corrected chi connectivity index (χ2v) is 9.43. The number of amides is 2. The Balaban J connectivity index is 1.50. The number of carbonyl (C=O) groups excluding carboxylic acids is 2. The second-order valence-electron chi connectivity index (χ2n) is 9.43. The number of hydrogen-bond acceptors (Lipinski definition) is 4. The van der Waals surface area contributed by atoms with Crippen LogP contribution in [0.3, 0.4) is 0 Å². The Morgan fingerprint density at radius 1 is 0.972 bits per heavy atom. The normalized spacial score (nSPS) is 12.6. The molecule has 6 nitrogen and oxygen atoms in total. The van der Waals surface area contributed by atoms with Gasteiger partial charge in [0.2, 0.25) is 5.91 Å². The van der Waals surface area contributed by atoms with Crippen LogP contribution in [0.15, 0.2) is 67.0 Å². The molecule has 0 atom stereocenters. The first-order chi connectivity index (χ1) is 17.6. The third-order valence-electron chi connectivity index (χ3n) is 6.68. The van der Waals surface area contributed by atoms with Crippen LogP contribution in [0.1, 0.15) is 72.5 Å². The molecule has 2 amide bonds. The minimum absolute atomic E-state index is 0.00661. The Labute approximate surface area is 214 Å². The lowest BCUT2D eigenvalue weighted by Crippen LogP contribution is -2.33. The Bertz CT molecular complexity index is 1160. The number of unbranched alkanes of at least 4 members (excludes halogenated alkanes) is 4. The number of benzene rings is 2. The summed E-state index contributed by atoms with van der Waals surface area (Å²) < 4.78 is 0. The van der Waals surface area contributed by atoms with Gasteiger partial charge in [0.25, 0.3) is 5.91 Å². The Morgan fingerprint density at radius 2 is 1.81 bits per heavy atom. The number of anilines is 2. The van der Waals surface area contributed by atoms with E-state index in [1.807, 2.05) is 30.3 Å². The predicted molar refractivity (Wildman–Crippen MR) is 145 cm³/mol. The number of aromatic nitrogens is 1. The number of nitrogens with zero attached hydrogens (tertiary/aromatic N) is 2. The van der Waals surface area contributed by atoms with Gasteiger partial charge in [0, 0.05) is 49.8 Å². The molecule has 0 radical (unpaired) electrons. The molecule has 0 saturated carbocycles. The van der Waals surface area contributed by atoms with Gasteiger partial charge in [0.05, 0.1) is 5.56 Å². The van der Waals surface area contributed by atoms with Crippen molar-refractivity contribution in [1.82, 2.24) is 10.3 Å². The monoisotopic (exact) mass is 484 g/mol. The van der Waals surface area contributed by atoms with Gasteiger partial charge in [-0.05, 0) is 53.8 Å². The summed E-state index contributed by atoms with van der Waals surface area (Å²) in [7, 11) is 0. The number of fused-ring (bicyclic) bond motifs is 1. The Kier molecular flexibility index (Phi) is 9.09. The van der Waals surface area contributed by atoms with Crippen molar-refractivity contribution in [2.24, 2.45) is 0 Å². The molecule has 0 saturated heterocycles. The van der Waals surface area contributed by atoms with E-state index in [0.29, 0.717) is 24.2 Å². The number of rotatable bonds is 11.